The highest BCUT2D eigenvalue weighted by Gasteiger charge is 2.69. The summed E-state index contributed by atoms with van der Waals surface area (Å²) in [6.45, 7) is 15.0. The summed E-state index contributed by atoms with van der Waals surface area (Å²) >= 11 is 0. The van der Waals surface area contributed by atoms with Gasteiger partial charge in [-0.25, -0.2) is 0 Å². The van der Waals surface area contributed by atoms with Gasteiger partial charge in [-0.05, 0) is 93.0 Å². The van der Waals surface area contributed by atoms with Crippen LogP contribution in [-0.2, 0) is 57.1 Å². The van der Waals surface area contributed by atoms with Gasteiger partial charge in [0.15, 0.2) is 35.4 Å². The van der Waals surface area contributed by atoms with Gasteiger partial charge >= 0.3 is 11.9 Å². The third-order valence-corrected chi connectivity index (χ3v) is 15.3. The molecule has 19 nitrogen and oxygen atoms in total. The van der Waals surface area contributed by atoms with Gasteiger partial charge < -0.3 is 62.8 Å². The highest BCUT2D eigenvalue weighted by atomic mass is 16.7. The normalized spacial score (nSPS) is 42.0. The topological polar surface area (TPSA) is 237 Å². The summed E-state index contributed by atoms with van der Waals surface area (Å²) in [5.74, 6) is 0.566. The number of methoxy groups -OCH3 is 1. The van der Waals surface area contributed by atoms with Crippen LogP contribution in [0.25, 0.3) is 11.5 Å². The lowest BCUT2D eigenvalue weighted by Crippen LogP contribution is -2.63. The third kappa shape index (κ3) is 10.2. The fourth-order valence-electron chi connectivity index (χ4n) is 11.4. The molecule has 5 aliphatic heterocycles. The van der Waals surface area contributed by atoms with Crippen LogP contribution in [0.3, 0.4) is 0 Å². The first kappa shape index (κ1) is 52.6. The number of hydrogen-bond donors (Lipinski definition) is 3. The molecule has 2 aromatic rings. The maximum atomic E-state index is 15.5. The van der Waals surface area contributed by atoms with E-state index in [1.807, 2.05) is 32.0 Å². The van der Waals surface area contributed by atoms with E-state index in [0.717, 1.165) is 0 Å². The number of aliphatic hydroxyl groups excluding tert-OH is 2. The summed E-state index contributed by atoms with van der Waals surface area (Å²) in [6, 6.07) is 5.67. The van der Waals surface area contributed by atoms with E-state index in [-0.39, 0.29) is 43.9 Å². The molecule has 2 aromatic heterocycles. The third-order valence-electron chi connectivity index (χ3n) is 15.3. The molecule has 5 unspecified atom stereocenters. The van der Waals surface area contributed by atoms with Gasteiger partial charge in [-0.3, -0.25) is 24.2 Å². The number of nitrogens with one attached hydrogen (secondary N) is 1. The molecule has 0 saturated carbocycles. The summed E-state index contributed by atoms with van der Waals surface area (Å²) in [4.78, 5) is 65.2. The molecule has 18 atom stereocenters. The van der Waals surface area contributed by atoms with Crippen LogP contribution >= 0.6 is 0 Å². The van der Waals surface area contributed by atoms with Crippen molar-refractivity contribution >= 4 is 23.5 Å². The number of rotatable bonds is 10. The Morgan fingerprint density at radius 2 is 1.71 bits per heavy atom. The van der Waals surface area contributed by atoms with E-state index in [2.05, 4.69) is 27.3 Å². The Balaban J connectivity index is 1.38. The molecule has 7 heterocycles. The van der Waals surface area contributed by atoms with Gasteiger partial charge in [0.1, 0.15) is 60.6 Å². The molecule has 69 heavy (non-hydrogen) atoms. The van der Waals surface area contributed by atoms with Crippen LogP contribution in [0.2, 0.25) is 0 Å². The first-order valence-corrected chi connectivity index (χ1v) is 24.0. The van der Waals surface area contributed by atoms with Crippen molar-refractivity contribution in [2.24, 2.45) is 23.2 Å². The first-order chi connectivity index (χ1) is 32.5. The Kier molecular flexibility index (Phi) is 15.6. The number of esters is 2. The number of cyclic esters (lactones) is 1. The number of likely N-dealkylation sites (N-methyl/N-ethyl adjacent to an activating group) is 1. The fraction of sp³-hybridized carbons (Fsp3) is 0.720. The maximum absolute atomic E-state index is 15.5. The Labute approximate surface area is 403 Å². The van der Waals surface area contributed by atoms with Crippen LogP contribution in [0.1, 0.15) is 93.7 Å². The van der Waals surface area contributed by atoms with Crippen molar-refractivity contribution < 1.29 is 71.8 Å². The number of aromatic nitrogens is 2. The quantitative estimate of drug-likeness (QED) is 0.176. The largest absolute Gasteiger partial charge is 0.458 e. The number of carbonyl (C=O) groups excluding carboxylic acids is 4. The number of ether oxygens (including phenoxy) is 8. The Hall–Kier alpha value is -4.20. The van der Waals surface area contributed by atoms with E-state index in [1.165, 1.54) is 14.0 Å². The number of pyridine rings is 1. The number of nitrogens with zero attached hydrogens (tertiary/aromatic N) is 3. The minimum atomic E-state index is -1.77. The van der Waals surface area contributed by atoms with Crippen molar-refractivity contribution in [3.63, 3.8) is 0 Å². The molecule has 5 saturated heterocycles. The monoisotopic (exact) mass is 966 g/mol. The van der Waals surface area contributed by atoms with Crippen molar-refractivity contribution in [1.82, 2.24) is 20.4 Å². The highest BCUT2D eigenvalue weighted by Crippen LogP contribution is 2.53. The van der Waals surface area contributed by atoms with Gasteiger partial charge in [-0.15, -0.1) is 0 Å². The molecule has 0 aromatic carbocycles. The molecule has 3 N–H and O–H groups in total. The molecule has 7 rings (SSSR count). The zero-order valence-electron chi connectivity index (χ0n) is 41.8. The van der Waals surface area contributed by atoms with Crippen molar-refractivity contribution in [2.75, 3.05) is 34.4 Å². The fourth-order valence-corrected chi connectivity index (χ4v) is 11.4. The first-order valence-electron chi connectivity index (χ1n) is 24.0. The Morgan fingerprint density at radius 3 is 2.38 bits per heavy atom. The van der Waals surface area contributed by atoms with Gasteiger partial charge in [-0.1, -0.05) is 37.9 Å². The second-order valence-corrected chi connectivity index (χ2v) is 20.6. The van der Waals surface area contributed by atoms with Crippen LogP contribution in [0.5, 0.6) is 0 Å². The molecule has 380 valence electrons. The Morgan fingerprint density at radius 1 is 0.971 bits per heavy atom. The molecule has 0 spiro atoms. The summed E-state index contributed by atoms with van der Waals surface area (Å²) in [6.07, 6.45) is -8.65. The minimum absolute atomic E-state index is 0.0711. The Bertz CT molecular complexity index is 2250. The van der Waals surface area contributed by atoms with E-state index in [9.17, 15) is 19.8 Å². The van der Waals surface area contributed by atoms with Gasteiger partial charge in [0.25, 0.3) is 0 Å². The van der Waals surface area contributed by atoms with E-state index >= 15 is 9.59 Å². The van der Waals surface area contributed by atoms with E-state index < -0.39 is 125 Å². The van der Waals surface area contributed by atoms with Crippen molar-refractivity contribution in [1.29, 1.82) is 0 Å². The molecule has 0 bridgehead atoms. The zero-order valence-corrected chi connectivity index (χ0v) is 41.8. The molecule has 0 amide bonds. The zero-order chi connectivity index (χ0) is 50.4. The van der Waals surface area contributed by atoms with Gasteiger partial charge in [0.05, 0.1) is 23.4 Å². The van der Waals surface area contributed by atoms with Gasteiger partial charge in [-0.2, -0.15) is 0 Å². The maximum Gasteiger partial charge on any atom is 0.324 e. The van der Waals surface area contributed by atoms with Crippen molar-refractivity contribution in [3.05, 3.63) is 36.2 Å². The number of ketones is 2. The molecular formula is C50H70N4O15. The van der Waals surface area contributed by atoms with E-state index in [0.29, 0.717) is 17.9 Å². The number of Topliss-reactive ketones (excluding diaryl/α,β-unsaturated/α-hetero) is 2. The highest BCUT2D eigenvalue weighted by molar-refractivity contribution is 6.01. The summed E-state index contributed by atoms with van der Waals surface area (Å²) in [5, 5.41) is 30.5. The molecule has 0 aliphatic carbocycles. The molecule has 19 heteroatoms. The molecule has 0 radical (unpaired) electrons. The summed E-state index contributed by atoms with van der Waals surface area (Å²) in [7, 11) is 5.09. The minimum Gasteiger partial charge on any atom is -0.458 e. The van der Waals surface area contributed by atoms with Crippen molar-refractivity contribution in [3.8, 4) is 23.3 Å². The van der Waals surface area contributed by atoms with Crippen LogP contribution in [0.4, 0.5) is 0 Å². The smallest absolute Gasteiger partial charge is 0.324 e. The standard InChI is InChI=1S/C50H70N4O15/c1-13-34-50(9)40-36(45(60)68-50)52-25-47(40,6)41(57)26(2)23-49(8,62-20-16-17-30-22-33(69-53-30)31-18-14-15-19-51-31)43(67-46-38(56)32(54(10)11)21-27(3)63-46)39(37(55)28(4)44(59)65-34)66-35-24-48(7,61-12)42(58)29(5)64-35/h14-15,18-19,22,26-29,32,34-36,38-40,42-43,46,52,56,58H,13,20-21,23-25H2,1-12H3/t26-,27-,28-,29+,32+,34-,35+,36?,38-,39+,40?,42?,43-,46+,47?,48?,49+,50-/m1/s1. The lowest BCUT2D eigenvalue weighted by atomic mass is 9.62. The predicted molar refractivity (Wildman–Crippen MR) is 245 cm³/mol. The number of carbonyl (C=O) groups is 4. The molecule has 5 fully saturated rings. The number of hydrogen-bond acceptors (Lipinski definition) is 19. The molecular weight excluding hydrogens is 897 g/mol. The predicted octanol–water partition coefficient (Wildman–Crippen LogP) is 3.01. The second-order valence-electron chi connectivity index (χ2n) is 20.6. The SMILES string of the molecule is CC[C@H]1OC(=O)[C@H](C)C(=O)[C@H](O[C@H]2CC(C)(OC)C(O)[C@H](C)O2)[C@@H](O[C@@H]2O[C@H](C)C[C@H](N(C)C)[C@H]2O)[C@@](C)(OCC#Cc2cc(-c3ccccn3)on2)C[C@@H](C)C(=O)C2(C)CNC3C(=O)O[C@@]1(C)C32. The van der Waals surface area contributed by atoms with Crippen LogP contribution < -0.4 is 5.32 Å². The van der Waals surface area contributed by atoms with Crippen molar-refractivity contribution in [2.45, 2.75) is 172 Å². The van der Waals surface area contributed by atoms with E-state index in [4.69, 9.17) is 42.4 Å². The van der Waals surface area contributed by atoms with Gasteiger partial charge in [0, 0.05) is 55.6 Å². The average Bonchev–Trinajstić information content (AvgIpc) is 4.02. The van der Waals surface area contributed by atoms with Crippen LogP contribution in [-0.4, -0.2) is 167 Å². The molecule has 5 aliphatic rings. The summed E-state index contributed by atoms with van der Waals surface area (Å²) in [5.41, 5.74) is -4.83. The lowest BCUT2D eigenvalue weighted by molar-refractivity contribution is -0.328. The summed E-state index contributed by atoms with van der Waals surface area (Å²) < 4.78 is 56.8. The second kappa shape index (κ2) is 20.5. The van der Waals surface area contributed by atoms with E-state index in [1.54, 1.807) is 72.9 Å². The number of aliphatic hydroxyl groups is 2. The van der Waals surface area contributed by atoms with Gasteiger partial charge in [0.2, 0.25) is 0 Å². The lowest BCUT2D eigenvalue weighted by Gasteiger charge is -2.49. The average molecular weight is 967 g/mol. The van der Waals surface area contributed by atoms with Crippen LogP contribution in [0, 0.1) is 35.0 Å². The van der Waals surface area contributed by atoms with Crippen LogP contribution in [0.15, 0.2) is 35.0 Å².